The zero-order valence-corrected chi connectivity index (χ0v) is 8.13. The molecule has 72 valence electrons. The zero-order valence-electron chi connectivity index (χ0n) is 7.31. The molecule has 1 aromatic carbocycles. The number of halogens is 1. The summed E-state index contributed by atoms with van der Waals surface area (Å²) in [6.45, 7) is 0.213. The van der Waals surface area contributed by atoms with Gasteiger partial charge in [0.15, 0.2) is 0 Å². The maximum Gasteiger partial charge on any atom is 0.0500 e. The van der Waals surface area contributed by atoms with Gasteiger partial charge in [0, 0.05) is 12.0 Å². The van der Waals surface area contributed by atoms with Gasteiger partial charge in [-0.25, -0.2) is 0 Å². The summed E-state index contributed by atoms with van der Waals surface area (Å²) in [6.07, 6.45) is 0.885. The number of hydrogen-bond acceptors (Lipinski definition) is 2. The van der Waals surface area contributed by atoms with Gasteiger partial charge in [0.25, 0.3) is 0 Å². The predicted molar refractivity (Wildman–Crippen MR) is 55.1 cm³/mol. The van der Waals surface area contributed by atoms with E-state index in [2.05, 4.69) is 12.1 Å². The molecule has 1 aliphatic carbocycles. The van der Waals surface area contributed by atoms with Crippen molar-refractivity contribution in [1.82, 2.24) is 0 Å². The number of aliphatic hydroxyl groups excluding tert-OH is 1. The molecule has 0 aromatic heterocycles. The Hall–Kier alpha value is -0.570. The summed E-state index contributed by atoms with van der Waals surface area (Å²) in [5.41, 5.74) is 8.34. The number of hydrogen-bond donors (Lipinski definition) is 2. The lowest BCUT2D eigenvalue weighted by atomic mass is 10.0. The van der Waals surface area contributed by atoms with Crippen molar-refractivity contribution < 1.29 is 5.11 Å². The largest absolute Gasteiger partial charge is 0.396 e. The highest BCUT2D eigenvalue weighted by Gasteiger charge is 2.26. The van der Waals surface area contributed by atoms with E-state index in [4.69, 9.17) is 10.8 Å². The van der Waals surface area contributed by atoms with Gasteiger partial charge in [-0.1, -0.05) is 24.3 Å². The third-order valence-corrected chi connectivity index (χ3v) is 2.59. The summed E-state index contributed by atoms with van der Waals surface area (Å²) in [6, 6.07) is 8.23. The van der Waals surface area contributed by atoms with Gasteiger partial charge in [0.2, 0.25) is 0 Å². The van der Waals surface area contributed by atoms with Crippen molar-refractivity contribution in [2.24, 2.45) is 5.73 Å². The van der Waals surface area contributed by atoms with E-state index in [0.717, 1.165) is 6.42 Å². The van der Waals surface area contributed by atoms with Gasteiger partial charge >= 0.3 is 0 Å². The van der Waals surface area contributed by atoms with E-state index in [9.17, 15) is 0 Å². The molecular weight excluding hydrogens is 186 g/mol. The fourth-order valence-electron chi connectivity index (χ4n) is 1.95. The van der Waals surface area contributed by atoms with Crippen molar-refractivity contribution >= 4 is 12.4 Å². The molecule has 0 saturated heterocycles. The van der Waals surface area contributed by atoms with Crippen LogP contribution in [0.25, 0.3) is 0 Å². The van der Waals surface area contributed by atoms with Crippen LogP contribution in [0.4, 0.5) is 0 Å². The third-order valence-electron chi connectivity index (χ3n) is 2.59. The van der Waals surface area contributed by atoms with Crippen molar-refractivity contribution in [1.29, 1.82) is 0 Å². The fourth-order valence-corrected chi connectivity index (χ4v) is 1.95. The minimum atomic E-state index is 0. The molecule has 1 aromatic rings. The monoisotopic (exact) mass is 199 g/mol. The lowest BCUT2D eigenvalue weighted by molar-refractivity contribution is 0.261. The van der Waals surface area contributed by atoms with Crippen molar-refractivity contribution in [2.45, 2.75) is 18.4 Å². The van der Waals surface area contributed by atoms with Crippen LogP contribution in [0.5, 0.6) is 0 Å². The normalized spacial score (nSPS) is 25.1. The number of nitrogens with two attached hydrogens (primary N) is 1. The number of aliphatic hydroxyl groups is 1. The zero-order chi connectivity index (χ0) is 8.55. The average Bonchev–Trinajstić information content (AvgIpc) is 2.44. The fraction of sp³-hybridized carbons (Fsp3) is 0.400. The molecule has 0 aliphatic heterocycles. The first-order valence-electron chi connectivity index (χ1n) is 4.28. The Morgan fingerprint density at radius 3 is 2.54 bits per heavy atom. The van der Waals surface area contributed by atoms with E-state index in [1.54, 1.807) is 0 Å². The Bertz CT molecular complexity index is 290. The Morgan fingerprint density at radius 1 is 1.31 bits per heavy atom. The Labute approximate surface area is 84.2 Å². The van der Waals surface area contributed by atoms with Gasteiger partial charge < -0.3 is 10.8 Å². The van der Waals surface area contributed by atoms with Crippen molar-refractivity contribution in [3.05, 3.63) is 35.4 Å². The van der Waals surface area contributed by atoms with Crippen LogP contribution >= 0.6 is 12.4 Å². The quantitative estimate of drug-likeness (QED) is 0.722. The molecule has 3 N–H and O–H groups in total. The van der Waals surface area contributed by atoms with Crippen molar-refractivity contribution in [2.75, 3.05) is 6.61 Å². The van der Waals surface area contributed by atoms with Crippen molar-refractivity contribution in [3.63, 3.8) is 0 Å². The average molecular weight is 200 g/mol. The predicted octanol–water partition coefficient (Wildman–Crippen LogP) is 1.59. The number of benzene rings is 1. The van der Waals surface area contributed by atoms with Crippen LogP contribution in [0.15, 0.2) is 24.3 Å². The Morgan fingerprint density at radius 2 is 1.92 bits per heavy atom. The molecule has 1 aliphatic rings. The van der Waals surface area contributed by atoms with E-state index >= 15 is 0 Å². The van der Waals surface area contributed by atoms with E-state index in [1.165, 1.54) is 11.1 Å². The molecule has 0 radical (unpaired) electrons. The first kappa shape index (κ1) is 10.5. The molecule has 0 spiro atoms. The highest BCUT2D eigenvalue weighted by molar-refractivity contribution is 5.85. The highest BCUT2D eigenvalue weighted by Crippen LogP contribution is 2.37. The van der Waals surface area contributed by atoms with Gasteiger partial charge in [0.1, 0.15) is 0 Å². The van der Waals surface area contributed by atoms with Crippen LogP contribution in [-0.2, 0) is 0 Å². The topological polar surface area (TPSA) is 46.2 Å². The van der Waals surface area contributed by atoms with E-state index < -0.39 is 0 Å². The minimum Gasteiger partial charge on any atom is -0.396 e. The van der Waals surface area contributed by atoms with Crippen molar-refractivity contribution in [3.8, 4) is 0 Å². The van der Waals surface area contributed by atoms with Gasteiger partial charge in [-0.05, 0) is 17.5 Å². The molecule has 2 atom stereocenters. The Balaban J connectivity index is 0.000000845. The lowest BCUT2D eigenvalue weighted by Crippen LogP contribution is -2.06. The second kappa shape index (κ2) is 4.09. The number of rotatable bonds is 1. The molecule has 0 heterocycles. The van der Waals surface area contributed by atoms with E-state index in [-0.39, 0.29) is 31.0 Å². The molecule has 0 unspecified atom stereocenters. The second-order valence-electron chi connectivity index (χ2n) is 3.35. The van der Waals surface area contributed by atoms with Crippen LogP contribution in [0, 0.1) is 0 Å². The molecule has 13 heavy (non-hydrogen) atoms. The Kier molecular flexibility index (Phi) is 3.31. The summed E-state index contributed by atoms with van der Waals surface area (Å²) >= 11 is 0. The SMILES string of the molecule is Cl.N[C@@H]1C[C@H](CO)c2ccccc21. The standard InChI is InChI=1S/C10H13NO.ClH/c11-10-5-7(6-12)8-3-1-2-4-9(8)10;/h1-4,7,10,12H,5-6,11H2;1H/t7-,10-;/m1./s1. The van der Waals surface area contributed by atoms with E-state index in [1.807, 2.05) is 12.1 Å². The van der Waals surface area contributed by atoms with Crippen LogP contribution < -0.4 is 5.73 Å². The second-order valence-corrected chi connectivity index (χ2v) is 3.35. The molecular formula is C10H14ClNO. The molecule has 2 rings (SSSR count). The first-order chi connectivity index (χ1) is 5.83. The third kappa shape index (κ3) is 1.70. The van der Waals surface area contributed by atoms with E-state index in [0.29, 0.717) is 0 Å². The summed E-state index contributed by atoms with van der Waals surface area (Å²) in [4.78, 5) is 0. The summed E-state index contributed by atoms with van der Waals surface area (Å²) < 4.78 is 0. The maximum absolute atomic E-state index is 9.08. The summed E-state index contributed by atoms with van der Waals surface area (Å²) in [5, 5.41) is 9.08. The number of fused-ring (bicyclic) bond motifs is 1. The minimum absolute atomic E-state index is 0. The van der Waals surface area contributed by atoms with Crippen LogP contribution in [-0.4, -0.2) is 11.7 Å². The highest BCUT2D eigenvalue weighted by atomic mass is 35.5. The summed E-state index contributed by atoms with van der Waals surface area (Å²) in [7, 11) is 0. The molecule has 3 heteroatoms. The molecule has 0 amide bonds. The lowest BCUT2D eigenvalue weighted by Gasteiger charge is -2.05. The first-order valence-corrected chi connectivity index (χ1v) is 4.28. The van der Waals surface area contributed by atoms with Gasteiger partial charge in [-0.15, -0.1) is 12.4 Å². The van der Waals surface area contributed by atoms with Crippen LogP contribution in [0.3, 0.4) is 0 Å². The molecule has 0 fully saturated rings. The van der Waals surface area contributed by atoms with Crippen LogP contribution in [0.1, 0.15) is 29.5 Å². The maximum atomic E-state index is 9.08. The van der Waals surface area contributed by atoms with Crippen LogP contribution in [0.2, 0.25) is 0 Å². The molecule has 0 saturated carbocycles. The molecule has 0 bridgehead atoms. The smallest absolute Gasteiger partial charge is 0.0500 e. The van der Waals surface area contributed by atoms with Gasteiger partial charge in [0.05, 0.1) is 6.61 Å². The van der Waals surface area contributed by atoms with Gasteiger partial charge in [-0.3, -0.25) is 0 Å². The molecule has 2 nitrogen and oxygen atoms in total. The summed E-state index contributed by atoms with van der Waals surface area (Å²) in [5.74, 6) is 0.260. The van der Waals surface area contributed by atoms with Gasteiger partial charge in [-0.2, -0.15) is 0 Å².